The molecule has 1 aromatic heterocycles. The van der Waals surface area contributed by atoms with Gasteiger partial charge in [0.25, 0.3) is 0 Å². The standard InChI is InChI=1S/C13H18BrNO2/c14-12-5-11(6-15-7-12)9-17-13-3-1-10(8-16)2-4-13/h5-7,10,13,16H,1-4,8-9H2. The molecule has 0 saturated heterocycles. The lowest BCUT2D eigenvalue weighted by Crippen LogP contribution is -2.23. The predicted molar refractivity (Wildman–Crippen MR) is 69.6 cm³/mol. The Hall–Kier alpha value is -0.450. The van der Waals surface area contributed by atoms with E-state index in [1.807, 2.05) is 12.3 Å². The topological polar surface area (TPSA) is 42.4 Å². The van der Waals surface area contributed by atoms with Gasteiger partial charge in [0.05, 0.1) is 12.7 Å². The third kappa shape index (κ3) is 4.05. The van der Waals surface area contributed by atoms with Crippen LogP contribution in [0.2, 0.25) is 0 Å². The van der Waals surface area contributed by atoms with Crippen molar-refractivity contribution in [2.24, 2.45) is 5.92 Å². The number of aromatic nitrogens is 1. The number of nitrogens with zero attached hydrogens (tertiary/aromatic N) is 1. The van der Waals surface area contributed by atoms with Gasteiger partial charge in [0.15, 0.2) is 0 Å². The number of ether oxygens (including phenoxy) is 1. The molecule has 1 fully saturated rings. The second-order valence-corrected chi connectivity index (χ2v) is 5.56. The molecule has 1 saturated carbocycles. The van der Waals surface area contributed by atoms with Crippen molar-refractivity contribution in [3.8, 4) is 0 Å². The van der Waals surface area contributed by atoms with E-state index < -0.39 is 0 Å². The summed E-state index contributed by atoms with van der Waals surface area (Å²) in [7, 11) is 0. The summed E-state index contributed by atoms with van der Waals surface area (Å²) in [6, 6.07) is 2.03. The molecule has 17 heavy (non-hydrogen) atoms. The van der Waals surface area contributed by atoms with Crippen molar-refractivity contribution in [3.05, 3.63) is 28.5 Å². The zero-order valence-corrected chi connectivity index (χ0v) is 11.4. The maximum Gasteiger partial charge on any atom is 0.0735 e. The van der Waals surface area contributed by atoms with Crippen molar-refractivity contribution in [1.82, 2.24) is 4.98 Å². The molecular formula is C13H18BrNO2. The second kappa shape index (κ2) is 6.47. The summed E-state index contributed by atoms with van der Waals surface area (Å²) in [5, 5.41) is 9.06. The Labute approximate surface area is 110 Å². The summed E-state index contributed by atoms with van der Waals surface area (Å²) in [4.78, 5) is 4.11. The van der Waals surface area contributed by atoms with Crippen LogP contribution in [0.5, 0.6) is 0 Å². The van der Waals surface area contributed by atoms with Crippen molar-refractivity contribution < 1.29 is 9.84 Å². The number of pyridine rings is 1. The Bertz CT molecular complexity index is 351. The van der Waals surface area contributed by atoms with Crippen LogP contribution in [0.4, 0.5) is 0 Å². The normalized spacial score (nSPS) is 24.8. The molecule has 0 bridgehead atoms. The third-order valence-electron chi connectivity index (χ3n) is 3.30. The van der Waals surface area contributed by atoms with Crippen molar-refractivity contribution in [2.45, 2.75) is 38.4 Å². The highest BCUT2D eigenvalue weighted by atomic mass is 79.9. The lowest BCUT2D eigenvalue weighted by molar-refractivity contribution is 0.00108. The fourth-order valence-corrected chi connectivity index (χ4v) is 2.64. The van der Waals surface area contributed by atoms with Crippen molar-refractivity contribution in [3.63, 3.8) is 0 Å². The van der Waals surface area contributed by atoms with Crippen LogP contribution in [0.25, 0.3) is 0 Å². The number of aliphatic hydroxyl groups is 1. The second-order valence-electron chi connectivity index (χ2n) is 4.65. The van der Waals surface area contributed by atoms with E-state index in [1.54, 1.807) is 6.20 Å². The number of halogens is 1. The van der Waals surface area contributed by atoms with E-state index in [1.165, 1.54) is 0 Å². The van der Waals surface area contributed by atoms with E-state index in [9.17, 15) is 0 Å². The maximum absolute atomic E-state index is 9.06. The summed E-state index contributed by atoms with van der Waals surface area (Å²) in [5.74, 6) is 0.488. The molecule has 3 nitrogen and oxygen atoms in total. The molecule has 0 aliphatic heterocycles. The van der Waals surface area contributed by atoms with Crippen LogP contribution in [0.15, 0.2) is 22.9 Å². The molecule has 4 heteroatoms. The lowest BCUT2D eigenvalue weighted by atomic mass is 9.88. The van der Waals surface area contributed by atoms with Gasteiger partial charge < -0.3 is 9.84 Å². The molecule has 0 radical (unpaired) electrons. The first-order valence-electron chi connectivity index (χ1n) is 6.10. The van der Waals surface area contributed by atoms with Crippen molar-refractivity contribution in [2.75, 3.05) is 6.61 Å². The van der Waals surface area contributed by atoms with Crippen LogP contribution < -0.4 is 0 Å². The van der Waals surface area contributed by atoms with E-state index in [-0.39, 0.29) is 0 Å². The van der Waals surface area contributed by atoms with Gasteiger partial charge in [-0.2, -0.15) is 0 Å². The number of hydrogen-bond acceptors (Lipinski definition) is 3. The summed E-state index contributed by atoms with van der Waals surface area (Å²) < 4.78 is 6.86. The minimum absolute atomic E-state index is 0.322. The van der Waals surface area contributed by atoms with Crippen LogP contribution in [-0.2, 0) is 11.3 Å². The van der Waals surface area contributed by atoms with Crippen molar-refractivity contribution >= 4 is 15.9 Å². The van der Waals surface area contributed by atoms with Gasteiger partial charge in [-0.3, -0.25) is 4.98 Å². The van der Waals surface area contributed by atoms with Gasteiger partial charge in [0.2, 0.25) is 0 Å². The van der Waals surface area contributed by atoms with Crippen molar-refractivity contribution in [1.29, 1.82) is 0 Å². The summed E-state index contributed by atoms with van der Waals surface area (Å²) >= 11 is 3.40. The van der Waals surface area contributed by atoms with Crippen LogP contribution in [0.3, 0.4) is 0 Å². The van der Waals surface area contributed by atoms with Gasteiger partial charge in [-0.25, -0.2) is 0 Å². The van der Waals surface area contributed by atoms with Gasteiger partial charge >= 0.3 is 0 Å². The Kier molecular flexibility index (Phi) is 4.95. The van der Waals surface area contributed by atoms with Gasteiger partial charge in [-0.1, -0.05) is 0 Å². The largest absolute Gasteiger partial charge is 0.396 e. The predicted octanol–water partition coefficient (Wildman–Crippen LogP) is 2.91. The Balaban J connectivity index is 1.76. The number of aliphatic hydroxyl groups excluding tert-OH is 1. The molecule has 1 aromatic rings. The van der Waals surface area contributed by atoms with E-state index >= 15 is 0 Å². The molecule has 1 aliphatic rings. The summed E-state index contributed by atoms with van der Waals surface area (Å²) in [5.41, 5.74) is 1.10. The minimum Gasteiger partial charge on any atom is -0.396 e. The highest BCUT2D eigenvalue weighted by Gasteiger charge is 2.20. The first-order valence-corrected chi connectivity index (χ1v) is 6.89. The molecule has 0 spiro atoms. The van der Waals surface area contributed by atoms with Crippen LogP contribution >= 0.6 is 15.9 Å². The molecule has 94 valence electrons. The average molecular weight is 300 g/mol. The average Bonchev–Trinajstić information content (AvgIpc) is 2.37. The zero-order chi connectivity index (χ0) is 12.1. The SMILES string of the molecule is OCC1CCC(OCc2cncc(Br)c2)CC1. The molecular weight excluding hydrogens is 282 g/mol. The minimum atomic E-state index is 0.322. The molecule has 0 unspecified atom stereocenters. The smallest absolute Gasteiger partial charge is 0.0735 e. The first-order chi connectivity index (χ1) is 8.28. The quantitative estimate of drug-likeness (QED) is 0.929. The summed E-state index contributed by atoms with van der Waals surface area (Å²) in [6.07, 6.45) is 8.24. The van der Waals surface area contributed by atoms with Gasteiger partial charge in [0.1, 0.15) is 0 Å². The number of rotatable bonds is 4. The van der Waals surface area contributed by atoms with Crippen LogP contribution in [0.1, 0.15) is 31.2 Å². The third-order valence-corrected chi connectivity index (χ3v) is 3.73. The van der Waals surface area contributed by atoms with E-state index in [4.69, 9.17) is 9.84 Å². The zero-order valence-electron chi connectivity index (χ0n) is 9.81. The molecule has 0 atom stereocenters. The van der Waals surface area contributed by atoms with Gasteiger partial charge in [-0.05, 0) is 59.2 Å². The van der Waals surface area contributed by atoms with Gasteiger partial charge in [0, 0.05) is 23.5 Å². The fraction of sp³-hybridized carbons (Fsp3) is 0.615. The highest BCUT2D eigenvalue weighted by molar-refractivity contribution is 9.10. The molecule has 1 N–H and O–H groups in total. The van der Waals surface area contributed by atoms with E-state index in [2.05, 4.69) is 20.9 Å². The monoisotopic (exact) mass is 299 g/mol. The van der Waals surface area contributed by atoms with E-state index in [0.29, 0.717) is 25.2 Å². The number of hydrogen-bond donors (Lipinski definition) is 1. The lowest BCUT2D eigenvalue weighted by Gasteiger charge is -2.27. The molecule has 0 amide bonds. The van der Waals surface area contributed by atoms with Crippen LogP contribution in [0, 0.1) is 5.92 Å². The van der Waals surface area contributed by atoms with Crippen LogP contribution in [-0.4, -0.2) is 22.8 Å². The Morgan fingerprint density at radius 1 is 1.29 bits per heavy atom. The fourth-order valence-electron chi connectivity index (χ4n) is 2.23. The molecule has 1 aliphatic carbocycles. The van der Waals surface area contributed by atoms with E-state index in [0.717, 1.165) is 35.7 Å². The molecule has 2 rings (SSSR count). The highest BCUT2D eigenvalue weighted by Crippen LogP contribution is 2.26. The maximum atomic E-state index is 9.06. The molecule has 0 aromatic carbocycles. The first kappa shape index (κ1) is 13.0. The Morgan fingerprint density at radius 3 is 2.71 bits per heavy atom. The Morgan fingerprint density at radius 2 is 2.06 bits per heavy atom. The van der Waals surface area contributed by atoms with Gasteiger partial charge in [-0.15, -0.1) is 0 Å². The molecule has 1 heterocycles. The summed E-state index contributed by atoms with van der Waals surface area (Å²) in [6.45, 7) is 0.948.